The van der Waals surface area contributed by atoms with Crippen LogP contribution < -0.4 is 14.4 Å². The van der Waals surface area contributed by atoms with Gasteiger partial charge in [-0.05, 0) is 61.7 Å². The molecular formula is C31H36Cl2N4O7S. The Morgan fingerprint density at radius 2 is 1.67 bits per heavy atom. The molecule has 3 rings (SSSR count). The molecule has 0 unspecified atom stereocenters. The summed E-state index contributed by atoms with van der Waals surface area (Å²) >= 11 is 12.9. The van der Waals surface area contributed by atoms with E-state index in [1.165, 1.54) is 55.3 Å². The molecule has 0 radical (unpaired) electrons. The highest BCUT2D eigenvalue weighted by atomic mass is 35.5. The molecule has 0 saturated carbocycles. The van der Waals surface area contributed by atoms with Crippen molar-refractivity contribution >= 4 is 56.4 Å². The quantitative estimate of drug-likeness (QED) is 0.163. The van der Waals surface area contributed by atoms with Gasteiger partial charge in [-0.25, -0.2) is 8.42 Å². The summed E-state index contributed by atoms with van der Waals surface area (Å²) in [6, 6.07) is 13.3. The number of nitro groups is 1. The maximum Gasteiger partial charge on any atom is 0.273 e. The molecule has 1 N–H and O–H groups in total. The zero-order valence-electron chi connectivity index (χ0n) is 25.6. The number of hydrogen-bond acceptors (Lipinski definition) is 7. The molecule has 0 aliphatic heterocycles. The molecule has 14 heteroatoms. The fourth-order valence-electron chi connectivity index (χ4n) is 4.55. The summed E-state index contributed by atoms with van der Waals surface area (Å²) in [5.74, 6) is -0.562. The fraction of sp³-hybridized carbons (Fsp3) is 0.355. The van der Waals surface area contributed by atoms with Crippen LogP contribution in [0.4, 0.5) is 11.4 Å². The lowest BCUT2D eigenvalue weighted by atomic mass is 10.1. The van der Waals surface area contributed by atoms with Crippen LogP contribution in [0.25, 0.3) is 0 Å². The van der Waals surface area contributed by atoms with E-state index in [1.54, 1.807) is 25.1 Å². The predicted octanol–water partition coefficient (Wildman–Crippen LogP) is 5.99. The van der Waals surface area contributed by atoms with Gasteiger partial charge < -0.3 is 15.0 Å². The van der Waals surface area contributed by atoms with E-state index in [0.29, 0.717) is 17.9 Å². The minimum atomic E-state index is -4.55. The number of ether oxygens (including phenoxy) is 1. The molecule has 0 bridgehead atoms. The molecule has 3 aromatic carbocycles. The van der Waals surface area contributed by atoms with Crippen LogP contribution in [0.15, 0.2) is 65.6 Å². The number of nitro benzene ring substituents is 1. The second-order valence-corrected chi connectivity index (χ2v) is 13.4. The van der Waals surface area contributed by atoms with Crippen molar-refractivity contribution in [3.63, 3.8) is 0 Å². The van der Waals surface area contributed by atoms with E-state index in [4.69, 9.17) is 27.9 Å². The SMILES string of the molecule is CC[C@H](C(=O)NCC(C)C)N(Cc1c(Cl)cccc1Cl)C(=O)CN(c1ccc(OC)cc1)S(=O)(=O)c1ccc(C)c([N+](=O)[O-])c1. The fourth-order valence-corrected chi connectivity index (χ4v) is 6.50. The average Bonchev–Trinajstić information content (AvgIpc) is 2.99. The van der Waals surface area contributed by atoms with Crippen LogP contribution >= 0.6 is 23.2 Å². The third-order valence-electron chi connectivity index (χ3n) is 7.07. The number of sulfonamides is 1. The van der Waals surface area contributed by atoms with E-state index >= 15 is 0 Å². The maximum absolute atomic E-state index is 14.2. The first-order valence-electron chi connectivity index (χ1n) is 14.1. The van der Waals surface area contributed by atoms with Gasteiger partial charge in [0.05, 0.1) is 22.6 Å². The van der Waals surface area contributed by atoms with E-state index in [2.05, 4.69) is 5.32 Å². The predicted molar refractivity (Wildman–Crippen MR) is 174 cm³/mol. The standard InChI is InChI=1S/C31H36Cl2N4O7S/c1-6-28(31(39)34-17-20(2)3)35(18-25-26(32)8-7-9-27(25)33)30(38)19-36(22-11-13-23(44-5)14-12-22)45(42,43)24-15-10-21(4)29(16-24)37(40)41/h7-16,20,28H,6,17-19H2,1-5H3,(H,34,39)/t28-/m1/s1. The van der Waals surface area contributed by atoms with Crippen molar-refractivity contribution in [3.05, 3.63) is 92.0 Å². The highest BCUT2D eigenvalue weighted by molar-refractivity contribution is 7.92. The maximum atomic E-state index is 14.2. The number of amides is 2. The molecule has 0 saturated heterocycles. The summed E-state index contributed by atoms with van der Waals surface area (Å²) in [6.07, 6.45) is 0.206. The molecule has 0 spiro atoms. The van der Waals surface area contributed by atoms with E-state index in [1.807, 2.05) is 13.8 Å². The number of methoxy groups -OCH3 is 1. The molecule has 1 atom stereocenters. The largest absolute Gasteiger partial charge is 0.497 e. The van der Waals surface area contributed by atoms with Gasteiger partial charge in [0.1, 0.15) is 18.3 Å². The highest BCUT2D eigenvalue weighted by Crippen LogP contribution is 2.31. The van der Waals surface area contributed by atoms with Crippen molar-refractivity contribution in [3.8, 4) is 5.75 Å². The first-order chi connectivity index (χ1) is 21.2. The first kappa shape index (κ1) is 35.6. The summed E-state index contributed by atoms with van der Waals surface area (Å²) < 4.78 is 34.3. The molecule has 2 amide bonds. The van der Waals surface area contributed by atoms with Crippen molar-refractivity contribution in [2.75, 3.05) is 24.5 Å². The van der Waals surface area contributed by atoms with E-state index in [0.717, 1.165) is 10.4 Å². The number of halogens is 2. The summed E-state index contributed by atoms with van der Waals surface area (Å²) in [7, 11) is -3.10. The summed E-state index contributed by atoms with van der Waals surface area (Å²) in [6.45, 7) is 6.53. The highest BCUT2D eigenvalue weighted by Gasteiger charge is 2.35. The number of rotatable bonds is 14. The monoisotopic (exact) mass is 678 g/mol. The first-order valence-corrected chi connectivity index (χ1v) is 16.3. The Bertz CT molecular complexity index is 1630. The smallest absolute Gasteiger partial charge is 0.273 e. The summed E-state index contributed by atoms with van der Waals surface area (Å²) in [5, 5.41) is 15.0. The zero-order chi connectivity index (χ0) is 33.5. The lowest BCUT2D eigenvalue weighted by Gasteiger charge is -2.33. The molecule has 0 heterocycles. The van der Waals surface area contributed by atoms with Crippen molar-refractivity contribution < 1.29 is 27.7 Å². The normalized spacial score (nSPS) is 12.0. The molecule has 0 fully saturated rings. The Morgan fingerprint density at radius 3 is 2.20 bits per heavy atom. The number of carbonyl (C=O) groups excluding carboxylic acids is 2. The Labute approximate surface area is 273 Å². The number of nitrogens with one attached hydrogen (secondary N) is 1. The zero-order valence-corrected chi connectivity index (χ0v) is 27.9. The molecule has 11 nitrogen and oxygen atoms in total. The summed E-state index contributed by atoms with van der Waals surface area (Å²) in [4.78, 5) is 39.5. The molecule has 0 aliphatic rings. The number of nitrogens with zero attached hydrogens (tertiary/aromatic N) is 3. The van der Waals surface area contributed by atoms with Gasteiger partial charge in [-0.15, -0.1) is 0 Å². The van der Waals surface area contributed by atoms with Crippen molar-refractivity contribution in [2.45, 2.75) is 51.6 Å². The summed E-state index contributed by atoms with van der Waals surface area (Å²) in [5.41, 5.74) is 0.365. The van der Waals surface area contributed by atoms with E-state index in [9.17, 15) is 28.1 Å². The van der Waals surface area contributed by atoms with E-state index < -0.39 is 39.3 Å². The second-order valence-electron chi connectivity index (χ2n) is 10.7. The number of hydrogen-bond donors (Lipinski definition) is 1. The third kappa shape index (κ3) is 8.65. The topological polar surface area (TPSA) is 139 Å². The van der Waals surface area contributed by atoms with Gasteiger partial charge in [-0.3, -0.25) is 24.0 Å². The number of aryl methyl sites for hydroxylation is 1. The minimum Gasteiger partial charge on any atom is -0.497 e. The van der Waals surface area contributed by atoms with Gasteiger partial charge in [0.2, 0.25) is 11.8 Å². The minimum absolute atomic E-state index is 0.0976. The Hall–Kier alpha value is -3.87. The van der Waals surface area contributed by atoms with Gasteiger partial charge in [-0.2, -0.15) is 0 Å². The third-order valence-corrected chi connectivity index (χ3v) is 9.54. The van der Waals surface area contributed by atoms with Crippen LogP contribution in [-0.2, 0) is 26.2 Å². The van der Waals surface area contributed by atoms with Crippen LogP contribution in [0.2, 0.25) is 10.0 Å². The molecule has 45 heavy (non-hydrogen) atoms. The van der Waals surface area contributed by atoms with Crippen molar-refractivity contribution in [2.24, 2.45) is 5.92 Å². The van der Waals surface area contributed by atoms with Crippen LogP contribution in [0, 0.1) is 23.0 Å². The Kier molecular flexibility index (Phi) is 12.2. The number of benzene rings is 3. The Morgan fingerprint density at radius 1 is 1.04 bits per heavy atom. The van der Waals surface area contributed by atoms with Crippen LogP contribution in [0.5, 0.6) is 5.75 Å². The molecule has 242 valence electrons. The van der Waals surface area contributed by atoms with Gasteiger partial charge in [0, 0.05) is 40.3 Å². The molecule has 0 aliphatic carbocycles. The van der Waals surface area contributed by atoms with Crippen molar-refractivity contribution in [1.82, 2.24) is 10.2 Å². The second kappa shape index (κ2) is 15.4. The van der Waals surface area contributed by atoms with Gasteiger partial charge in [0.15, 0.2) is 0 Å². The van der Waals surface area contributed by atoms with Crippen molar-refractivity contribution in [1.29, 1.82) is 0 Å². The molecular weight excluding hydrogens is 643 g/mol. The lowest BCUT2D eigenvalue weighted by molar-refractivity contribution is -0.385. The van der Waals surface area contributed by atoms with Crippen LogP contribution in [0.3, 0.4) is 0 Å². The van der Waals surface area contributed by atoms with Gasteiger partial charge >= 0.3 is 0 Å². The van der Waals surface area contributed by atoms with Crippen LogP contribution in [-0.4, -0.2) is 56.3 Å². The molecule has 3 aromatic rings. The van der Waals surface area contributed by atoms with Crippen LogP contribution in [0.1, 0.15) is 38.3 Å². The Balaban J connectivity index is 2.15. The number of anilines is 1. The average molecular weight is 680 g/mol. The van der Waals surface area contributed by atoms with Gasteiger partial charge in [0.25, 0.3) is 15.7 Å². The van der Waals surface area contributed by atoms with Gasteiger partial charge in [-0.1, -0.05) is 56.1 Å². The molecule has 0 aromatic heterocycles. The number of carbonyl (C=O) groups is 2. The lowest BCUT2D eigenvalue weighted by Crippen LogP contribution is -2.52. The van der Waals surface area contributed by atoms with E-state index in [-0.39, 0.29) is 50.8 Å².